The van der Waals surface area contributed by atoms with Crippen LogP contribution in [-0.2, 0) is 9.59 Å². The third kappa shape index (κ3) is 5.76. The van der Waals surface area contributed by atoms with Crippen molar-refractivity contribution in [3.05, 3.63) is 89.7 Å². The molecule has 228 valence electrons. The summed E-state index contributed by atoms with van der Waals surface area (Å²) in [5.41, 5.74) is 7.40. The number of carbonyl (C=O) groups is 3. The summed E-state index contributed by atoms with van der Waals surface area (Å²) < 4.78 is 21.0. The van der Waals surface area contributed by atoms with Crippen molar-refractivity contribution in [2.24, 2.45) is 22.6 Å². The highest BCUT2D eigenvalue weighted by Crippen LogP contribution is 2.35. The Morgan fingerprint density at radius 3 is 2.27 bits per heavy atom. The second kappa shape index (κ2) is 12.5. The molecule has 3 aromatic carbocycles. The minimum Gasteiger partial charge on any atom is -0.494 e. The molecule has 0 aromatic heterocycles. The van der Waals surface area contributed by atoms with Crippen molar-refractivity contribution < 1.29 is 23.5 Å². The summed E-state index contributed by atoms with van der Waals surface area (Å²) in [6.07, 6.45) is 2.90. The van der Waals surface area contributed by atoms with Crippen molar-refractivity contribution in [2.75, 3.05) is 36.0 Å². The third-order valence-electron chi connectivity index (χ3n) is 8.78. The van der Waals surface area contributed by atoms with Crippen LogP contribution in [-0.4, -0.2) is 60.9 Å². The Balaban J connectivity index is 1.47. The zero-order valence-corrected chi connectivity index (χ0v) is 24.7. The van der Waals surface area contributed by atoms with Gasteiger partial charge >= 0.3 is 6.03 Å². The van der Waals surface area contributed by atoms with Crippen molar-refractivity contribution in [2.45, 2.75) is 38.8 Å². The summed E-state index contributed by atoms with van der Waals surface area (Å²) in [4.78, 5) is 50.7. The van der Waals surface area contributed by atoms with Crippen LogP contribution in [0.4, 0.5) is 20.6 Å². The fourth-order valence-electron chi connectivity index (χ4n) is 6.63. The Hall–Kier alpha value is -4.73. The van der Waals surface area contributed by atoms with Crippen LogP contribution in [0.15, 0.2) is 77.8 Å². The average Bonchev–Trinajstić information content (AvgIpc) is 3.41. The van der Waals surface area contributed by atoms with Crippen molar-refractivity contribution in [1.29, 1.82) is 0 Å². The summed E-state index contributed by atoms with van der Waals surface area (Å²) in [5.74, 6) is 0.0372. The van der Waals surface area contributed by atoms with Gasteiger partial charge in [-0.05, 0) is 74.8 Å². The smallest absolute Gasteiger partial charge is 0.321 e. The van der Waals surface area contributed by atoms with E-state index in [0.29, 0.717) is 48.5 Å². The number of nitrogens with two attached hydrogens (primary N) is 1. The molecule has 4 amide bonds. The third-order valence-corrected chi connectivity index (χ3v) is 8.78. The normalized spacial score (nSPS) is 21.2. The zero-order chi connectivity index (χ0) is 30.8. The second-order valence-corrected chi connectivity index (χ2v) is 11.6. The molecule has 3 aromatic rings. The van der Waals surface area contributed by atoms with E-state index in [1.807, 2.05) is 11.8 Å². The molecule has 44 heavy (non-hydrogen) atoms. The van der Waals surface area contributed by atoms with Crippen LogP contribution < -0.4 is 20.3 Å². The maximum absolute atomic E-state index is 15.4. The molecule has 0 spiro atoms. The van der Waals surface area contributed by atoms with Gasteiger partial charge < -0.3 is 15.4 Å². The topological polar surface area (TPSA) is 109 Å². The van der Waals surface area contributed by atoms with E-state index in [2.05, 4.69) is 0 Å². The molecule has 3 heterocycles. The molecule has 3 fully saturated rings. The van der Waals surface area contributed by atoms with Crippen LogP contribution in [0.2, 0.25) is 0 Å². The Morgan fingerprint density at radius 2 is 1.61 bits per heavy atom. The van der Waals surface area contributed by atoms with Crippen LogP contribution in [0.5, 0.6) is 5.75 Å². The van der Waals surface area contributed by atoms with Crippen LogP contribution in [0.1, 0.15) is 43.7 Å². The van der Waals surface area contributed by atoms with Gasteiger partial charge in [0.05, 0.1) is 23.7 Å². The molecular weight excluding hydrogens is 561 g/mol. The summed E-state index contributed by atoms with van der Waals surface area (Å²) in [7, 11) is 0. The van der Waals surface area contributed by atoms with Gasteiger partial charge in [-0.15, -0.1) is 0 Å². The Kier molecular flexibility index (Phi) is 8.32. The quantitative estimate of drug-likeness (QED) is 0.415. The van der Waals surface area contributed by atoms with Gasteiger partial charge in [-0.3, -0.25) is 19.4 Å². The minimum absolute atomic E-state index is 0.155. The molecule has 1 aliphatic carbocycles. The van der Waals surface area contributed by atoms with E-state index >= 15 is 4.39 Å². The van der Waals surface area contributed by atoms with Gasteiger partial charge in [-0.2, -0.15) is 0 Å². The molecule has 9 nitrogen and oxygen atoms in total. The number of amides is 4. The van der Waals surface area contributed by atoms with Gasteiger partial charge in [0.1, 0.15) is 18.1 Å². The Morgan fingerprint density at radius 1 is 0.955 bits per heavy atom. The lowest BCUT2D eigenvalue weighted by molar-refractivity contribution is -0.132. The number of benzene rings is 3. The van der Waals surface area contributed by atoms with Crippen LogP contribution in [0, 0.1) is 17.7 Å². The lowest BCUT2D eigenvalue weighted by atomic mass is 9.84. The van der Waals surface area contributed by atoms with Gasteiger partial charge in [-0.25, -0.2) is 14.2 Å². The van der Waals surface area contributed by atoms with Gasteiger partial charge in [0.2, 0.25) is 12.1 Å². The maximum Gasteiger partial charge on any atom is 0.321 e. The standard InChI is InChI=1S/C34H36FN5O4/c1-2-44-25-9-7-8-24(18-25)40(34(36)43)32-33(42)39(21-30(41)38-19-22-14-15-23(20-38)17-16-22)29-13-6-4-11-27(29)31(37-32)26-10-3-5-12-28(26)35/h3-13,18,22-23,32H,2,14-17,19-21H2,1H3,(H2,36,43)/t22?,23?,32-/m1/s1. The lowest BCUT2D eigenvalue weighted by Gasteiger charge is -2.32. The lowest BCUT2D eigenvalue weighted by Crippen LogP contribution is -2.54. The summed E-state index contributed by atoms with van der Waals surface area (Å²) in [6.45, 7) is 3.30. The highest BCUT2D eigenvalue weighted by Gasteiger charge is 2.40. The molecule has 4 aliphatic rings. The summed E-state index contributed by atoms with van der Waals surface area (Å²) >= 11 is 0. The molecule has 7 rings (SSSR count). The first-order valence-electron chi connectivity index (χ1n) is 15.2. The SMILES string of the molecule is CCOc1cccc(N(C(N)=O)[C@H]2N=C(c3ccccc3F)c3ccccc3N(CC(=O)N3CC4CCC(CC4)C3)C2=O)c1. The number of urea groups is 1. The number of para-hydroxylation sites is 1. The molecule has 2 saturated heterocycles. The highest BCUT2D eigenvalue weighted by molar-refractivity contribution is 6.22. The van der Waals surface area contributed by atoms with E-state index < -0.39 is 23.9 Å². The average molecular weight is 598 g/mol. The number of benzodiazepines with no additional fused rings is 1. The Bertz CT molecular complexity index is 1590. The first-order chi connectivity index (χ1) is 21.3. The van der Waals surface area contributed by atoms with Gasteiger partial charge in [-0.1, -0.05) is 36.4 Å². The van der Waals surface area contributed by atoms with E-state index in [-0.39, 0.29) is 29.4 Å². The van der Waals surface area contributed by atoms with E-state index in [0.717, 1.165) is 30.6 Å². The van der Waals surface area contributed by atoms with E-state index in [1.165, 1.54) is 11.0 Å². The summed E-state index contributed by atoms with van der Waals surface area (Å²) in [5, 5.41) is 0. The maximum atomic E-state index is 15.4. The number of aliphatic imine (C=N–C) groups is 1. The monoisotopic (exact) mass is 597 g/mol. The van der Waals surface area contributed by atoms with E-state index in [9.17, 15) is 14.4 Å². The van der Waals surface area contributed by atoms with Gasteiger partial charge in [0.15, 0.2) is 0 Å². The highest BCUT2D eigenvalue weighted by atomic mass is 19.1. The predicted molar refractivity (Wildman–Crippen MR) is 166 cm³/mol. The minimum atomic E-state index is -1.53. The number of primary amides is 1. The van der Waals surface area contributed by atoms with E-state index in [4.69, 9.17) is 15.5 Å². The van der Waals surface area contributed by atoms with Crippen molar-refractivity contribution in [3.8, 4) is 5.75 Å². The van der Waals surface area contributed by atoms with Crippen LogP contribution in [0.25, 0.3) is 0 Å². The molecule has 1 atom stereocenters. The largest absolute Gasteiger partial charge is 0.494 e. The molecule has 0 radical (unpaired) electrons. The molecule has 10 heteroatoms. The summed E-state index contributed by atoms with van der Waals surface area (Å²) in [6, 6.07) is 18.8. The molecule has 0 unspecified atom stereocenters. The number of hydrogen-bond donors (Lipinski definition) is 1. The zero-order valence-electron chi connectivity index (χ0n) is 24.7. The molecular formula is C34H36FN5O4. The van der Waals surface area contributed by atoms with Gasteiger partial charge in [0, 0.05) is 30.3 Å². The van der Waals surface area contributed by atoms with Crippen molar-refractivity contribution in [3.63, 3.8) is 0 Å². The molecule has 1 saturated carbocycles. The van der Waals surface area contributed by atoms with Crippen molar-refractivity contribution in [1.82, 2.24) is 4.90 Å². The van der Waals surface area contributed by atoms with Gasteiger partial charge in [0.25, 0.3) is 5.91 Å². The molecule has 3 aliphatic heterocycles. The predicted octanol–water partition coefficient (Wildman–Crippen LogP) is 4.97. The molecule has 2 N–H and O–H groups in total. The number of rotatable bonds is 7. The Labute approximate surface area is 256 Å². The number of fused-ring (bicyclic) bond motifs is 5. The first-order valence-corrected chi connectivity index (χ1v) is 15.2. The fourth-order valence-corrected chi connectivity index (χ4v) is 6.63. The van der Waals surface area contributed by atoms with Crippen LogP contribution >= 0.6 is 0 Å². The number of halogens is 1. The number of hydrogen-bond acceptors (Lipinski definition) is 5. The van der Waals surface area contributed by atoms with Crippen molar-refractivity contribution >= 4 is 34.9 Å². The fraction of sp³-hybridized carbons (Fsp3) is 0.353. The number of ether oxygens (including phenoxy) is 1. The number of carbonyl (C=O) groups excluding carboxylic acids is 3. The number of anilines is 2. The first kappa shape index (κ1) is 29.3. The number of nitrogens with zero attached hydrogens (tertiary/aromatic N) is 4. The second-order valence-electron chi connectivity index (χ2n) is 11.6. The van der Waals surface area contributed by atoms with E-state index in [1.54, 1.807) is 66.7 Å². The molecule has 2 bridgehead atoms. The van der Waals surface area contributed by atoms with Crippen LogP contribution in [0.3, 0.4) is 0 Å².